The van der Waals surface area contributed by atoms with Crippen molar-refractivity contribution in [3.8, 4) is 16.6 Å². The van der Waals surface area contributed by atoms with Crippen LogP contribution < -0.4 is 5.32 Å². The maximum absolute atomic E-state index is 12.0. The lowest BCUT2D eigenvalue weighted by atomic mass is 10.2. The van der Waals surface area contributed by atoms with Gasteiger partial charge in [0.1, 0.15) is 16.6 Å². The standard InChI is InChI=1S/C21H19N3O2S2/c1-14(2)12-26-21(25)15-5-7-17(8-6-15)23-11-16(10-22)20-24-18(13-28-20)19-4-3-9-27-19/h3-9,11,13-14,23H,12H2,1-2H3/b16-11+. The number of aromatic nitrogens is 1. The molecule has 0 radical (unpaired) electrons. The van der Waals surface area contributed by atoms with Gasteiger partial charge >= 0.3 is 5.97 Å². The van der Waals surface area contributed by atoms with Crippen LogP contribution in [0.4, 0.5) is 5.69 Å². The molecular weight excluding hydrogens is 390 g/mol. The highest BCUT2D eigenvalue weighted by Gasteiger charge is 2.10. The number of esters is 1. The van der Waals surface area contributed by atoms with Crippen LogP contribution >= 0.6 is 22.7 Å². The first-order chi connectivity index (χ1) is 13.6. The molecule has 0 amide bonds. The second-order valence-corrected chi connectivity index (χ2v) is 8.20. The minimum Gasteiger partial charge on any atom is -0.462 e. The SMILES string of the molecule is CC(C)COC(=O)c1ccc(N/C=C(\C#N)c2nc(-c3cccs3)cs2)cc1. The minimum absolute atomic E-state index is 0.297. The Morgan fingerprint density at radius 1 is 1.29 bits per heavy atom. The van der Waals surface area contributed by atoms with Crippen molar-refractivity contribution in [2.45, 2.75) is 13.8 Å². The summed E-state index contributed by atoms with van der Waals surface area (Å²) in [6.45, 7) is 4.38. The lowest BCUT2D eigenvalue weighted by Gasteiger charge is -2.07. The molecule has 3 aromatic rings. The lowest BCUT2D eigenvalue weighted by molar-refractivity contribution is 0.0459. The van der Waals surface area contributed by atoms with Gasteiger partial charge in [0.2, 0.25) is 0 Å². The molecule has 0 saturated carbocycles. The highest BCUT2D eigenvalue weighted by atomic mass is 32.1. The number of nitrogens with zero attached hydrogens (tertiary/aromatic N) is 2. The van der Waals surface area contributed by atoms with Crippen molar-refractivity contribution in [1.29, 1.82) is 5.26 Å². The fourth-order valence-electron chi connectivity index (χ4n) is 2.26. The zero-order chi connectivity index (χ0) is 19.9. The van der Waals surface area contributed by atoms with Crippen LogP contribution in [0.1, 0.15) is 29.2 Å². The molecule has 0 aliphatic carbocycles. The summed E-state index contributed by atoms with van der Waals surface area (Å²) < 4.78 is 5.22. The second-order valence-electron chi connectivity index (χ2n) is 6.40. The number of thiazole rings is 1. The maximum Gasteiger partial charge on any atom is 0.338 e. The van der Waals surface area contributed by atoms with Crippen molar-refractivity contribution in [1.82, 2.24) is 4.98 Å². The Labute approximate surface area is 171 Å². The van der Waals surface area contributed by atoms with Gasteiger partial charge in [-0.25, -0.2) is 9.78 Å². The van der Waals surface area contributed by atoms with E-state index in [-0.39, 0.29) is 5.97 Å². The molecule has 142 valence electrons. The first kappa shape index (κ1) is 19.8. The maximum atomic E-state index is 12.0. The van der Waals surface area contributed by atoms with Crippen molar-refractivity contribution in [3.63, 3.8) is 0 Å². The molecule has 0 bridgehead atoms. The number of ether oxygens (including phenoxy) is 1. The van der Waals surface area contributed by atoms with Gasteiger partial charge in [-0.2, -0.15) is 5.26 Å². The third-order valence-corrected chi connectivity index (χ3v) is 5.45. The Hall–Kier alpha value is -2.95. The van der Waals surface area contributed by atoms with Crippen molar-refractivity contribution >= 4 is 39.9 Å². The highest BCUT2D eigenvalue weighted by Crippen LogP contribution is 2.28. The van der Waals surface area contributed by atoms with Crippen LogP contribution in [0.3, 0.4) is 0 Å². The van der Waals surface area contributed by atoms with Gasteiger partial charge in [0, 0.05) is 17.3 Å². The number of benzene rings is 1. The number of anilines is 1. The van der Waals surface area contributed by atoms with Crippen LogP contribution in [-0.2, 0) is 4.74 Å². The molecule has 28 heavy (non-hydrogen) atoms. The number of nitrogens with one attached hydrogen (secondary N) is 1. The number of nitriles is 1. The smallest absolute Gasteiger partial charge is 0.338 e. The second kappa shape index (κ2) is 9.31. The molecule has 2 aromatic heterocycles. The number of hydrogen-bond donors (Lipinski definition) is 1. The number of carbonyl (C=O) groups is 1. The van der Waals surface area contributed by atoms with Gasteiger partial charge in [-0.3, -0.25) is 0 Å². The Morgan fingerprint density at radius 3 is 2.71 bits per heavy atom. The van der Waals surface area contributed by atoms with E-state index < -0.39 is 0 Å². The van der Waals surface area contributed by atoms with Gasteiger partial charge in [0.15, 0.2) is 0 Å². The molecule has 2 heterocycles. The van der Waals surface area contributed by atoms with Crippen LogP contribution in [0.15, 0.2) is 53.4 Å². The van der Waals surface area contributed by atoms with Crippen LogP contribution in [0.5, 0.6) is 0 Å². The fraction of sp³-hybridized carbons (Fsp3) is 0.190. The predicted octanol–water partition coefficient (Wildman–Crippen LogP) is 5.66. The highest BCUT2D eigenvalue weighted by molar-refractivity contribution is 7.14. The van der Waals surface area contributed by atoms with E-state index >= 15 is 0 Å². The Morgan fingerprint density at radius 2 is 2.07 bits per heavy atom. The van der Waals surface area contributed by atoms with Gasteiger partial charge in [-0.05, 0) is 41.6 Å². The van der Waals surface area contributed by atoms with Crippen molar-refractivity contribution in [3.05, 3.63) is 63.9 Å². The summed E-state index contributed by atoms with van der Waals surface area (Å²) >= 11 is 3.05. The van der Waals surface area contributed by atoms with Crippen molar-refractivity contribution in [2.24, 2.45) is 5.92 Å². The van der Waals surface area contributed by atoms with E-state index in [0.717, 1.165) is 16.3 Å². The van der Waals surface area contributed by atoms with Crippen LogP contribution in [0, 0.1) is 17.2 Å². The Bertz CT molecular complexity index is 997. The normalized spacial score (nSPS) is 11.3. The van der Waals surface area contributed by atoms with Crippen LogP contribution in [0.2, 0.25) is 0 Å². The fourth-order valence-corrected chi connectivity index (χ4v) is 3.81. The largest absolute Gasteiger partial charge is 0.462 e. The number of allylic oxidation sites excluding steroid dienone is 1. The number of hydrogen-bond acceptors (Lipinski definition) is 7. The average molecular weight is 410 g/mol. The molecule has 0 saturated heterocycles. The molecule has 0 unspecified atom stereocenters. The number of rotatable bonds is 7. The van der Waals surface area contributed by atoms with Gasteiger partial charge in [-0.1, -0.05) is 19.9 Å². The molecule has 5 nitrogen and oxygen atoms in total. The van der Waals surface area contributed by atoms with Gasteiger partial charge in [0.05, 0.1) is 22.7 Å². The average Bonchev–Trinajstić information content (AvgIpc) is 3.39. The third-order valence-electron chi connectivity index (χ3n) is 3.68. The van der Waals surface area contributed by atoms with E-state index in [1.54, 1.807) is 41.8 Å². The molecule has 1 aromatic carbocycles. The minimum atomic E-state index is -0.336. The summed E-state index contributed by atoms with van der Waals surface area (Å²) in [5.41, 5.74) is 2.59. The predicted molar refractivity (Wildman–Crippen MR) is 114 cm³/mol. The molecule has 3 rings (SSSR count). The van der Waals surface area contributed by atoms with Gasteiger partial charge in [0.25, 0.3) is 0 Å². The van der Waals surface area contributed by atoms with Crippen LogP contribution in [-0.4, -0.2) is 17.6 Å². The van der Waals surface area contributed by atoms with Gasteiger partial charge < -0.3 is 10.1 Å². The quantitative estimate of drug-likeness (QED) is 0.402. The molecule has 0 aliphatic rings. The number of thiophene rings is 1. The van der Waals surface area contributed by atoms with E-state index in [9.17, 15) is 10.1 Å². The zero-order valence-electron chi connectivity index (χ0n) is 15.5. The van der Waals surface area contributed by atoms with Crippen LogP contribution in [0.25, 0.3) is 16.1 Å². The molecular formula is C21H19N3O2S2. The first-order valence-corrected chi connectivity index (χ1v) is 10.5. The molecule has 0 atom stereocenters. The summed E-state index contributed by atoms with van der Waals surface area (Å²) in [7, 11) is 0. The monoisotopic (exact) mass is 409 g/mol. The van der Waals surface area contributed by atoms with E-state index in [2.05, 4.69) is 16.4 Å². The van der Waals surface area contributed by atoms with Crippen molar-refractivity contribution < 1.29 is 9.53 Å². The molecule has 0 spiro atoms. The molecule has 0 aliphatic heterocycles. The molecule has 1 N–H and O–H groups in total. The van der Waals surface area contributed by atoms with Gasteiger partial charge in [-0.15, -0.1) is 22.7 Å². The van der Waals surface area contributed by atoms with E-state index in [1.807, 2.05) is 36.7 Å². The van der Waals surface area contributed by atoms with E-state index in [0.29, 0.717) is 28.7 Å². The molecule has 7 heteroatoms. The Kier molecular flexibility index (Phi) is 6.58. The topological polar surface area (TPSA) is 75.0 Å². The van der Waals surface area contributed by atoms with E-state index in [1.165, 1.54) is 11.3 Å². The summed E-state index contributed by atoms with van der Waals surface area (Å²) in [5, 5.41) is 17.2. The third kappa shape index (κ3) is 5.06. The summed E-state index contributed by atoms with van der Waals surface area (Å²) in [4.78, 5) is 17.6. The lowest BCUT2D eigenvalue weighted by Crippen LogP contribution is -2.10. The number of carbonyl (C=O) groups excluding carboxylic acids is 1. The summed E-state index contributed by atoms with van der Waals surface area (Å²) in [5.74, 6) is -0.0389. The first-order valence-electron chi connectivity index (χ1n) is 8.70. The summed E-state index contributed by atoms with van der Waals surface area (Å²) in [6.07, 6.45) is 1.63. The Balaban J connectivity index is 1.66. The summed E-state index contributed by atoms with van der Waals surface area (Å²) in [6, 6.07) is 13.1. The zero-order valence-corrected chi connectivity index (χ0v) is 17.1. The van der Waals surface area contributed by atoms with E-state index in [4.69, 9.17) is 4.74 Å². The van der Waals surface area contributed by atoms with Crippen molar-refractivity contribution in [2.75, 3.05) is 11.9 Å². The molecule has 0 fully saturated rings.